The molecular formula is C25H35N3O4S. The molecule has 2 amide bonds. The van der Waals surface area contributed by atoms with E-state index in [1.807, 2.05) is 63.2 Å². The molecule has 8 heteroatoms. The Bertz CT molecular complexity index is 1010. The lowest BCUT2D eigenvalue weighted by atomic mass is 10.1. The van der Waals surface area contributed by atoms with Crippen LogP contribution in [0, 0.1) is 0 Å². The molecule has 7 nitrogen and oxygen atoms in total. The summed E-state index contributed by atoms with van der Waals surface area (Å²) in [5, 5.41) is 2.79. The second-order valence-electron chi connectivity index (χ2n) is 7.93. The Kier molecular flexibility index (Phi) is 9.91. The first-order valence-corrected chi connectivity index (χ1v) is 13.2. The van der Waals surface area contributed by atoms with Gasteiger partial charge in [0.1, 0.15) is 12.6 Å². The van der Waals surface area contributed by atoms with Crippen molar-refractivity contribution in [1.82, 2.24) is 10.2 Å². The number of hydrogen-bond acceptors (Lipinski definition) is 4. The number of benzene rings is 2. The van der Waals surface area contributed by atoms with Gasteiger partial charge in [0, 0.05) is 13.1 Å². The summed E-state index contributed by atoms with van der Waals surface area (Å²) in [6.45, 7) is 6.09. The molecule has 0 fully saturated rings. The van der Waals surface area contributed by atoms with Gasteiger partial charge >= 0.3 is 0 Å². The number of aryl methyl sites for hydroxylation is 1. The molecule has 0 aromatic heterocycles. The van der Waals surface area contributed by atoms with E-state index in [0.29, 0.717) is 31.6 Å². The van der Waals surface area contributed by atoms with Crippen molar-refractivity contribution >= 4 is 27.5 Å². The fourth-order valence-corrected chi connectivity index (χ4v) is 4.55. The van der Waals surface area contributed by atoms with Crippen molar-refractivity contribution in [2.24, 2.45) is 0 Å². The summed E-state index contributed by atoms with van der Waals surface area (Å²) in [5.74, 6) is -0.645. The molecule has 0 spiro atoms. The molecule has 33 heavy (non-hydrogen) atoms. The molecule has 0 aliphatic heterocycles. The molecule has 2 aromatic rings. The molecule has 0 saturated heterocycles. The number of likely N-dealkylation sites (N-methyl/N-ethyl adjacent to an activating group) is 1. The lowest BCUT2D eigenvalue weighted by molar-refractivity contribution is -0.139. The van der Waals surface area contributed by atoms with Crippen LogP contribution < -0.4 is 9.62 Å². The van der Waals surface area contributed by atoms with Crippen LogP contribution in [0.4, 0.5) is 5.69 Å². The third kappa shape index (κ3) is 7.60. The molecule has 0 radical (unpaired) electrons. The van der Waals surface area contributed by atoms with Gasteiger partial charge in [-0.2, -0.15) is 0 Å². The minimum Gasteiger partial charge on any atom is -0.355 e. The maximum absolute atomic E-state index is 13.5. The highest BCUT2D eigenvalue weighted by molar-refractivity contribution is 7.92. The number of rotatable bonds is 12. The Labute approximate surface area is 197 Å². The molecule has 0 heterocycles. The number of carbonyl (C=O) groups is 2. The van der Waals surface area contributed by atoms with Gasteiger partial charge < -0.3 is 10.2 Å². The zero-order chi connectivity index (χ0) is 24.4. The smallest absolute Gasteiger partial charge is 0.244 e. The molecule has 0 aliphatic carbocycles. The molecule has 0 bridgehead atoms. The Morgan fingerprint density at radius 3 is 2.09 bits per heavy atom. The largest absolute Gasteiger partial charge is 0.355 e. The Morgan fingerprint density at radius 2 is 1.58 bits per heavy atom. The number of nitrogens with zero attached hydrogens (tertiary/aromatic N) is 2. The van der Waals surface area contributed by atoms with Crippen molar-refractivity contribution in [2.45, 2.75) is 46.1 Å². The van der Waals surface area contributed by atoms with E-state index in [1.165, 1.54) is 4.90 Å². The highest BCUT2D eigenvalue weighted by Gasteiger charge is 2.31. The average Bonchev–Trinajstić information content (AvgIpc) is 2.80. The number of hydrogen-bond donors (Lipinski definition) is 1. The van der Waals surface area contributed by atoms with Crippen molar-refractivity contribution in [3.05, 3.63) is 65.7 Å². The first-order valence-electron chi connectivity index (χ1n) is 11.4. The predicted molar refractivity (Wildman–Crippen MR) is 133 cm³/mol. The van der Waals surface area contributed by atoms with E-state index in [-0.39, 0.29) is 12.5 Å². The minimum absolute atomic E-state index is 0.236. The Hall–Kier alpha value is -2.87. The third-order valence-electron chi connectivity index (χ3n) is 5.53. The standard InChI is InChI=1S/C25H35N3O4S/c1-5-20-13-15-22(16-14-20)28(33(4,31)32)19-24(29)27(23(6-2)25(30)26-7-3)18-17-21-11-9-8-10-12-21/h8-16,23H,5-7,17-19H2,1-4H3,(H,26,30). The first-order chi connectivity index (χ1) is 15.7. The van der Waals surface area contributed by atoms with Gasteiger partial charge in [-0.25, -0.2) is 8.42 Å². The second kappa shape index (κ2) is 12.4. The van der Waals surface area contributed by atoms with Crippen LogP contribution >= 0.6 is 0 Å². The van der Waals surface area contributed by atoms with Gasteiger partial charge in [0.15, 0.2) is 0 Å². The number of anilines is 1. The number of nitrogens with one attached hydrogen (secondary N) is 1. The van der Waals surface area contributed by atoms with Crippen molar-refractivity contribution < 1.29 is 18.0 Å². The summed E-state index contributed by atoms with van der Waals surface area (Å²) in [4.78, 5) is 27.7. The summed E-state index contributed by atoms with van der Waals surface area (Å²) < 4.78 is 26.3. The predicted octanol–water partition coefficient (Wildman–Crippen LogP) is 3.00. The van der Waals surface area contributed by atoms with Crippen LogP contribution in [0.1, 0.15) is 38.3 Å². The molecule has 0 aliphatic rings. The Balaban J connectivity index is 2.33. The van der Waals surface area contributed by atoms with Gasteiger partial charge in [0.25, 0.3) is 0 Å². The maximum Gasteiger partial charge on any atom is 0.244 e. The van der Waals surface area contributed by atoms with Crippen molar-refractivity contribution in [2.75, 3.05) is 30.2 Å². The first kappa shape index (κ1) is 26.4. The summed E-state index contributed by atoms with van der Waals surface area (Å²) in [5.41, 5.74) is 2.54. The van der Waals surface area contributed by atoms with Gasteiger partial charge in [-0.05, 0) is 49.4 Å². The van der Waals surface area contributed by atoms with Gasteiger partial charge in [-0.1, -0.05) is 56.3 Å². The van der Waals surface area contributed by atoms with Crippen LogP contribution in [-0.2, 0) is 32.5 Å². The van der Waals surface area contributed by atoms with Crippen LogP contribution in [-0.4, -0.2) is 57.1 Å². The minimum atomic E-state index is -3.71. The van der Waals surface area contributed by atoms with Crippen molar-refractivity contribution in [3.63, 3.8) is 0 Å². The summed E-state index contributed by atoms with van der Waals surface area (Å²) in [7, 11) is -3.71. The number of sulfonamides is 1. The van der Waals surface area contributed by atoms with Crippen LogP contribution in [0.3, 0.4) is 0 Å². The zero-order valence-corrected chi connectivity index (χ0v) is 20.8. The van der Waals surface area contributed by atoms with E-state index in [4.69, 9.17) is 0 Å². The average molecular weight is 474 g/mol. The van der Waals surface area contributed by atoms with Crippen LogP contribution in [0.15, 0.2) is 54.6 Å². The molecule has 1 unspecified atom stereocenters. The summed E-state index contributed by atoms with van der Waals surface area (Å²) in [6, 6.07) is 16.2. The fraction of sp³-hybridized carbons (Fsp3) is 0.440. The maximum atomic E-state index is 13.5. The number of amides is 2. The summed E-state index contributed by atoms with van der Waals surface area (Å²) >= 11 is 0. The van der Waals surface area contributed by atoms with E-state index in [9.17, 15) is 18.0 Å². The van der Waals surface area contributed by atoms with Crippen LogP contribution in [0.2, 0.25) is 0 Å². The zero-order valence-electron chi connectivity index (χ0n) is 20.0. The second-order valence-corrected chi connectivity index (χ2v) is 9.84. The number of carbonyl (C=O) groups excluding carboxylic acids is 2. The van der Waals surface area contributed by atoms with Crippen molar-refractivity contribution in [1.29, 1.82) is 0 Å². The normalized spacial score (nSPS) is 12.1. The molecule has 2 rings (SSSR count). The van der Waals surface area contributed by atoms with E-state index in [0.717, 1.165) is 28.1 Å². The van der Waals surface area contributed by atoms with Gasteiger partial charge in [0.2, 0.25) is 21.8 Å². The van der Waals surface area contributed by atoms with E-state index < -0.39 is 22.0 Å². The van der Waals surface area contributed by atoms with Crippen LogP contribution in [0.25, 0.3) is 0 Å². The Morgan fingerprint density at radius 1 is 0.939 bits per heavy atom. The fourth-order valence-electron chi connectivity index (χ4n) is 3.70. The molecule has 0 saturated carbocycles. The van der Waals surface area contributed by atoms with Gasteiger partial charge in [0.05, 0.1) is 11.9 Å². The topological polar surface area (TPSA) is 86.8 Å². The molecule has 180 valence electrons. The van der Waals surface area contributed by atoms with E-state index in [1.54, 1.807) is 12.1 Å². The van der Waals surface area contributed by atoms with E-state index >= 15 is 0 Å². The van der Waals surface area contributed by atoms with Crippen molar-refractivity contribution in [3.8, 4) is 0 Å². The molecule has 2 aromatic carbocycles. The highest BCUT2D eigenvalue weighted by Crippen LogP contribution is 2.20. The lowest BCUT2D eigenvalue weighted by Gasteiger charge is -2.32. The van der Waals surface area contributed by atoms with Crippen LogP contribution in [0.5, 0.6) is 0 Å². The molecular weight excluding hydrogens is 438 g/mol. The SMILES string of the molecule is CCNC(=O)C(CC)N(CCc1ccccc1)C(=O)CN(c1ccc(CC)cc1)S(C)(=O)=O. The summed E-state index contributed by atoms with van der Waals surface area (Å²) in [6.07, 6.45) is 2.91. The van der Waals surface area contributed by atoms with Gasteiger partial charge in [-0.15, -0.1) is 0 Å². The third-order valence-corrected chi connectivity index (χ3v) is 6.67. The van der Waals surface area contributed by atoms with Gasteiger partial charge in [-0.3, -0.25) is 13.9 Å². The molecule has 1 N–H and O–H groups in total. The highest BCUT2D eigenvalue weighted by atomic mass is 32.2. The van der Waals surface area contributed by atoms with E-state index in [2.05, 4.69) is 5.32 Å². The molecule has 1 atom stereocenters. The quantitative estimate of drug-likeness (QED) is 0.513. The monoisotopic (exact) mass is 473 g/mol. The lowest BCUT2D eigenvalue weighted by Crippen LogP contribution is -2.53.